The largest absolute Gasteiger partial charge is 0.396 e. The molecule has 0 aliphatic carbocycles. The lowest BCUT2D eigenvalue weighted by molar-refractivity contribution is 0.209. The number of aliphatic hydroxyl groups excluding tert-OH is 1. The highest BCUT2D eigenvalue weighted by molar-refractivity contribution is 7.13. The van der Waals surface area contributed by atoms with Gasteiger partial charge in [-0.2, -0.15) is 0 Å². The minimum atomic E-state index is -0.0886. The number of rotatable bonds is 3. The van der Waals surface area contributed by atoms with Crippen LogP contribution in [0.25, 0.3) is 10.4 Å². The van der Waals surface area contributed by atoms with Gasteiger partial charge in [0.1, 0.15) is 0 Å². The second-order valence-corrected chi connectivity index (χ2v) is 6.22. The van der Waals surface area contributed by atoms with Crippen LogP contribution in [-0.4, -0.2) is 35.7 Å². The molecule has 4 nitrogen and oxygen atoms in total. The van der Waals surface area contributed by atoms with Crippen LogP contribution in [0, 0.1) is 5.92 Å². The van der Waals surface area contributed by atoms with Crippen LogP contribution in [0.4, 0.5) is 10.5 Å². The summed E-state index contributed by atoms with van der Waals surface area (Å²) in [6.45, 7) is 1.49. The molecule has 5 heteroatoms. The maximum absolute atomic E-state index is 12.2. The number of hydrogen-bond donors (Lipinski definition) is 2. The number of carbonyl (C=O) groups excluding carboxylic acids is 1. The molecule has 2 heterocycles. The Balaban J connectivity index is 1.68. The Kier molecular flexibility index (Phi) is 4.22. The summed E-state index contributed by atoms with van der Waals surface area (Å²) in [5, 5.41) is 14.1. The number of carbonyl (C=O) groups is 1. The summed E-state index contributed by atoms with van der Waals surface area (Å²) in [5.41, 5.74) is 1.91. The fraction of sp³-hybridized carbons (Fsp3) is 0.312. The number of likely N-dealkylation sites (tertiary alicyclic amines) is 1. The Morgan fingerprint density at radius 2 is 2.29 bits per heavy atom. The van der Waals surface area contributed by atoms with Gasteiger partial charge in [-0.1, -0.05) is 18.2 Å². The molecule has 0 saturated carbocycles. The van der Waals surface area contributed by atoms with E-state index >= 15 is 0 Å². The molecule has 1 aromatic heterocycles. The number of nitrogens with one attached hydrogen (secondary N) is 1. The third kappa shape index (κ3) is 3.25. The highest BCUT2D eigenvalue weighted by Crippen LogP contribution is 2.27. The number of aliphatic hydroxyl groups is 1. The van der Waals surface area contributed by atoms with Crippen LogP contribution in [0.15, 0.2) is 41.8 Å². The zero-order valence-electron chi connectivity index (χ0n) is 11.7. The number of amides is 2. The third-order valence-electron chi connectivity index (χ3n) is 3.75. The van der Waals surface area contributed by atoms with Gasteiger partial charge in [0.05, 0.1) is 0 Å². The van der Waals surface area contributed by atoms with Crippen molar-refractivity contribution in [2.45, 2.75) is 6.42 Å². The highest BCUT2D eigenvalue weighted by Gasteiger charge is 2.25. The van der Waals surface area contributed by atoms with E-state index in [0.29, 0.717) is 13.1 Å². The lowest BCUT2D eigenvalue weighted by atomic mass is 10.1. The van der Waals surface area contributed by atoms with Crippen LogP contribution >= 0.6 is 11.3 Å². The highest BCUT2D eigenvalue weighted by atomic mass is 32.1. The van der Waals surface area contributed by atoms with Crippen molar-refractivity contribution in [3.63, 3.8) is 0 Å². The molecule has 21 heavy (non-hydrogen) atoms. The fourth-order valence-corrected chi connectivity index (χ4v) is 3.29. The number of anilines is 1. The van der Waals surface area contributed by atoms with Crippen LogP contribution in [0.3, 0.4) is 0 Å². The standard InChI is InChI=1S/C16H18N2O2S/c19-11-12-6-7-18(10-12)16(20)17-14-4-1-3-13(9-14)15-5-2-8-21-15/h1-5,8-9,12,19H,6-7,10-11H2,(H,17,20). The quantitative estimate of drug-likeness (QED) is 0.914. The maximum Gasteiger partial charge on any atom is 0.321 e. The number of urea groups is 1. The van der Waals surface area contributed by atoms with Gasteiger partial charge in [0.2, 0.25) is 0 Å². The first-order chi connectivity index (χ1) is 10.3. The van der Waals surface area contributed by atoms with Crippen molar-refractivity contribution in [3.05, 3.63) is 41.8 Å². The Morgan fingerprint density at radius 1 is 1.38 bits per heavy atom. The van der Waals surface area contributed by atoms with E-state index in [9.17, 15) is 4.79 Å². The summed E-state index contributed by atoms with van der Waals surface area (Å²) in [5.74, 6) is 0.216. The molecule has 0 spiro atoms. The maximum atomic E-state index is 12.2. The normalized spacial score (nSPS) is 18.0. The van der Waals surface area contributed by atoms with Crippen LogP contribution in [0.2, 0.25) is 0 Å². The number of nitrogens with zero attached hydrogens (tertiary/aromatic N) is 1. The molecule has 2 N–H and O–H groups in total. The minimum Gasteiger partial charge on any atom is -0.396 e. The average molecular weight is 302 g/mol. The van der Waals surface area contributed by atoms with Crippen LogP contribution in [-0.2, 0) is 0 Å². The molecule has 1 unspecified atom stereocenters. The fourth-order valence-electron chi connectivity index (χ4n) is 2.56. The van der Waals surface area contributed by atoms with Crippen LogP contribution < -0.4 is 5.32 Å². The van der Waals surface area contributed by atoms with Crippen molar-refractivity contribution in [1.29, 1.82) is 0 Å². The topological polar surface area (TPSA) is 52.6 Å². The summed E-state index contributed by atoms with van der Waals surface area (Å²) in [4.78, 5) is 15.2. The predicted molar refractivity (Wildman–Crippen MR) is 85.5 cm³/mol. The smallest absolute Gasteiger partial charge is 0.321 e. The lowest BCUT2D eigenvalue weighted by Gasteiger charge is -2.17. The monoisotopic (exact) mass is 302 g/mol. The molecule has 1 aliphatic rings. The van der Waals surface area contributed by atoms with Gasteiger partial charge in [-0.3, -0.25) is 0 Å². The second-order valence-electron chi connectivity index (χ2n) is 5.27. The van der Waals surface area contributed by atoms with E-state index in [2.05, 4.69) is 11.4 Å². The third-order valence-corrected chi connectivity index (χ3v) is 4.67. The van der Waals surface area contributed by atoms with Crippen LogP contribution in [0.5, 0.6) is 0 Å². The van der Waals surface area contributed by atoms with Crippen LogP contribution in [0.1, 0.15) is 6.42 Å². The van der Waals surface area contributed by atoms with E-state index in [1.165, 1.54) is 4.88 Å². The Hall–Kier alpha value is -1.85. The predicted octanol–water partition coefficient (Wildman–Crippen LogP) is 3.26. The molecule has 0 radical (unpaired) electrons. The first-order valence-electron chi connectivity index (χ1n) is 7.07. The van der Waals surface area contributed by atoms with Gasteiger partial charge >= 0.3 is 6.03 Å². The second kappa shape index (κ2) is 6.28. The van der Waals surface area contributed by atoms with Gasteiger partial charge in [-0.15, -0.1) is 11.3 Å². The molecule has 3 rings (SSSR count). The minimum absolute atomic E-state index is 0.0886. The van der Waals surface area contributed by atoms with E-state index in [4.69, 9.17) is 5.11 Å². The zero-order valence-corrected chi connectivity index (χ0v) is 12.5. The van der Waals surface area contributed by atoms with Gasteiger partial charge in [0.25, 0.3) is 0 Å². The van der Waals surface area contributed by atoms with Crippen molar-refractivity contribution >= 4 is 23.1 Å². The summed E-state index contributed by atoms with van der Waals surface area (Å²) in [6, 6.07) is 11.9. The van der Waals surface area contributed by atoms with E-state index < -0.39 is 0 Å². The van der Waals surface area contributed by atoms with Crippen molar-refractivity contribution in [2.75, 3.05) is 25.0 Å². The lowest BCUT2D eigenvalue weighted by Crippen LogP contribution is -2.33. The first kappa shape index (κ1) is 14.1. The summed E-state index contributed by atoms with van der Waals surface area (Å²) >= 11 is 1.68. The van der Waals surface area contributed by atoms with Gasteiger partial charge in [0, 0.05) is 36.2 Å². The van der Waals surface area contributed by atoms with E-state index in [1.807, 2.05) is 35.7 Å². The molecule has 1 saturated heterocycles. The first-order valence-corrected chi connectivity index (χ1v) is 7.95. The molecule has 1 atom stereocenters. The molecular weight excluding hydrogens is 284 g/mol. The van der Waals surface area contributed by atoms with E-state index in [1.54, 1.807) is 16.2 Å². The molecule has 110 valence electrons. The molecule has 0 bridgehead atoms. The number of hydrogen-bond acceptors (Lipinski definition) is 3. The van der Waals surface area contributed by atoms with Gasteiger partial charge in [-0.05, 0) is 35.6 Å². The van der Waals surface area contributed by atoms with E-state index in [-0.39, 0.29) is 18.6 Å². The molecule has 2 aromatic rings. The molecule has 1 aromatic carbocycles. The molecule has 1 fully saturated rings. The summed E-state index contributed by atoms with van der Waals surface area (Å²) in [7, 11) is 0. The summed E-state index contributed by atoms with van der Waals surface area (Å²) in [6.07, 6.45) is 0.874. The molecule has 1 aliphatic heterocycles. The molecular formula is C16H18N2O2S. The zero-order chi connectivity index (χ0) is 14.7. The number of thiophene rings is 1. The number of benzene rings is 1. The van der Waals surface area contributed by atoms with E-state index in [0.717, 1.165) is 17.7 Å². The van der Waals surface area contributed by atoms with Gasteiger partial charge in [0.15, 0.2) is 0 Å². The van der Waals surface area contributed by atoms with Crippen molar-refractivity contribution in [3.8, 4) is 10.4 Å². The van der Waals surface area contributed by atoms with Crippen molar-refractivity contribution in [1.82, 2.24) is 4.90 Å². The Bertz CT molecular complexity index is 612. The Morgan fingerprint density at radius 3 is 3.00 bits per heavy atom. The van der Waals surface area contributed by atoms with Crippen molar-refractivity contribution < 1.29 is 9.90 Å². The Labute approximate surface area is 128 Å². The van der Waals surface area contributed by atoms with Gasteiger partial charge < -0.3 is 15.3 Å². The SMILES string of the molecule is O=C(Nc1cccc(-c2cccs2)c1)N1CCC(CO)C1. The van der Waals surface area contributed by atoms with Crippen molar-refractivity contribution in [2.24, 2.45) is 5.92 Å². The van der Waals surface area contributed by atoms with Gasteiger partial charge in [-0.25, -0.2) is 4.79 Å². The molecule has 2 amide bonds. The summed E-state index contributed by atoms with van der Waals surface area (Å²) < 4.78 is 0. The average Bonchev–Trinajstić information content (AvgIpc) is 3.19.